The maximum atomic E-state index is 12.3. The van der Waals surface area contributed by atoms with Crippen molar-refractivity contribution in [3.05, 3.63) is 70.8 Å². The minimum Gasteiger partial charge on any atom is -0.467 e. The van der Waals surface area contributed by atoms with Crippen LogP contribution in [0.1, 0.15) is 39.9 Å². The molecule has 1 atom stereocenters. The summed E-state index contributed by atoms with van der Waals surface area (Å²) in [5.41, 5.74) is 3.76. The molecule has 29 heavy (non-hydrogen) atoms. The fourth-order valence-electron chi connectivity index (χ4n) is 3.50. The molecule has 3 rings (SSSR count). The van der Waals surface area contributed by atoms with E-state index in [2.05, 4.69) is 5.32 Å². The number of amides is 1. The van der Waals surface area contributed by atoms with E-state index in [0.29, 0.717) is 5.56 Å². The number of esters is 2. The molecule has 1 aliphatic carbocycles. The number of ether oxygens (including phenoxy) is 2. The van der Waals surface area contributed by atoms with Gasteiger partial charge < -0.3 is 14.8 Å². The highest BCUT2D eigenvalue weighted by Gasteiger charge is 2.23. The lowest BCUT2D eigenvalue weighted by Gasteiger charge is -2.17. The predicted octanol–water partition coefficient (Wildman–Crippen LogP) is 2.62. The lowest BCUT2D eigenvalue weighted by Crippen LogP contribution is -2.44. The summed E-state index contributed by atoms with van der Waals surface area (Å²) in [4.78, 5) is 36.5. The maximum Gasteiger partial charge on any atom is 0.338 e. The molecule has 2 aromatic carbocycles. The third-order valence-electron chi connectivity index (χ3n) is 5.02. The number of nitrogens with one attached hydrogen (secondary N) is 1. The number of rotatable bonds is 7. The summed E-state index contributed by atoms with van der Waals surface area (Å²) in [6.45, 7) is -0.460. The number of fused-ring (bicyclic) bond motifs is 1. The summed E-state index contributed by atoms with van der Waals surface area (Å²) in [6.07, 6.45) is 4.56. The van der Waals surface area contributed by atoms with Crippen molar-refractivity contribution in [1.82, 2.24) is 5.32 Å². The van der Waals surface area contributed by atoms with Gasteiger partial charge in [0.15, 0.2) is 6.61 Å². The van der Waals surface area contributed by atoms with Crippen molar-refractivity contribution in [2.24, 2.45) is 0 Å². The first kappa shape index (κ1) is 20.6. The van der Waals surface area contributed by atoms with Crippen LogP contribution in [-0.2, 0) is 38.3 Å². The van der Waals surface area contributed by atoms with Gasteiger partial charge in [-0.25, -0.2) is 9.59 Å². The number of hydrogen-bond donors (Lipinski definition) is 1. The van der Waals surface area contributed by atoms with E-state index < -0.39 is 30.5 Å². The van der Waals surface area contributed by atoms with Gasteiger partial charge in [0.2, 0.25) is 0 Å². The fourth-order valence-corrected chi connectivity index (χ4v) is 3.50. The molecule has 6 heteroatoms. The highest BCUT2D eigenvalue weighted by molar-refractivity contribution is 5.92. The topological polar surface area (TPSA) is 81.7 Å². The second kappa shape index (κ2) is 9.87. The Morgan fingerprint density at radius 2 is 1.72 bits per heavy atom. The molecule has 0 aliphatic heterocycles. The lowest BCUT2D eigenvalue weighted by atomic mass is 9.90. The molecule has 0 spiro atoms. The molecule has 1 aliphatic rings. The van der Waals surface area contributed by atoms with Crippen LogP contribution in [0.15, 0.2) is 48.5 Å². The van der Waals surface area contributed by atoms with E-state index in [1.165, 1.54) is 24.7 Å². The van der Waals surface area contributed by atoms with Gasteiger partial charge in [0.05, 0.1) is 12.7 Å². The van der Waals surface area contributed by atoms with Crippen LogP contribution in [0.2, 0.25) is 0 Å². The van der Waals surface area contributed by atoms with E-state index >= 15 is 0 Å². The molecule has 0 fully saturated rings. The minimum absolute atomic E-state index is 0.290. The molecule has 1 amide bonds. The summed E-state index contributed by atoms with van der Waals surface area (Å²) >= 11 is 0. The van der Waals surface area contributed by atoms with Crippen LogP contribution < -0.4 is 5.32 Å². The van der Waals surface area contributed by atoms with Gasteiger partial charge in [0, 0.05) is 6.42 Å². The van der Waals surface area contributed by atoms with E-state index in [1.54, 1.807) is 6.07 Å². The van der Waals surface area contributed by atoms with Crippen molar-refractivity contribution in [2.75, 3.05) is 13.7 Å². The van der Waals surface area contributed by atoms with Gasteiger partial charge in [-0.15, -0.1) is 0 Å². The Morgan fingerprint density at radius 1 is 1.00 bits per heavy atom. The summed E-state index contributed by atoms with van der Waals surface area (Å²) in [5.74, 6) is -1.66. The summed E-state index contributed by atoms with van der Waals surface area (Å²) in [6, 6.07) is 14.0. The molecular weight excluding hydrogens is 370 g/mol. The average molecular weight is 395 g/mol. The molecule has 0 saturated carbocycles. The minimum atomic E-state index is -0.850. The zero-order valence-electron chi connectivity index (χ0n) is 16.5. The molecule has 1 N–H and O–H groups in total. The van der Waals surface area contributed by atoms with Crippen LogP contribution in [-0.4, -0.2) is 37.6 Å². The number of benzene rings is 2. The molecule has 0 bridgehead atoms. The van der Waals surface area contributed by atoms with Gasteiger partial charge in [-0.2, -0.15) is 0 Å². The third kappa shape index (κ3) is 5.67. The summed E-state index contributed by atoms with van der Waals surface area (Å²) < 4.78 is 9.91. The van der Waals surface area contributed by atoms with Gasteiger partial charge in [-0.3, -0.25) is 4.79 Å². The van der Waals surface area contributed by atoms with Gasteiger partial charge >= 0.3 is 11.9 Å². The van der Waals surface area contributed by atoms with Crippen LogP contribution in [0.4, 0.5) is 0 Å². The van der Waals surface area contributed by atoms with E-state index in [0.717, 1.165) is 24.8 Å². The smallest absolute Gasteiger partial charge is 0.338 e. The standard InChI is InChI=1S/C23H25NO5/c1-28-23(27)20(13-16-7-3-2-4-8-16)24-21(25)15-29-22(26)19-12-11-17-9-5-6-10-18(17)14-19/h2-4,7-8,11-12,14,20H,5-6,9-10,13,15H2,1H3,(H,24,25)/t20-/m1/s1. The molecule has 0 unspecified atom stereocenters. The molecule has 152 valence electrons. The number of carbonyl (C=O) groups is 3. The lowest BCUT2D eigenvalue weighted by molar-refractivity contribution is -0.145. The van der Waals surface area contributed by atoms with Crippen molar-refractivity contribution in [3.63, 3.8) is 0 Å². The quantitative estimate of drug-likeness (QED) is 0.729. The monoisotopic (exact) mass is 395 g/mol. The summed E-state index contributed by atoms with van der Waals surface area (Å²) in [7, 11) is 1.27. The molecule has 6 nitrogen and oxygen atoms in total. The highest BCUT2D eigenvalue weighted by atomic mass is 16.5. The summed E-state index contributed by atoms with van der Waals surface area (Å²) in [5, 5.41) is 2.58. The molecule has 0 radical (unpaired) electrons. The van der Waals surface area contributed by atoms with Crippen molar-refractivity contribution < 1.29 is 23.9 Å². The Balaban J connectivity index is 1.55. The molecule has 0 aromatic heterocycles. The zero-order valence-corrected chi connectivity index (χ0v) is 16.5. The van der Waals surface area contributed by atoms with Crippen LogP contribution in [0, 0.1) is 0 Å². The maximum absolute atomic E-state index is 12.3. The Kier molecular flexibility index (Phi) is 7.00. The first-order valence-corrected chi connectivity index (χ1v) is 9.77. The van der Waals surface area contributed by atoms with E-state index in [9.17, 15) is 14.4 Å². The molecule has 2 aromatic rings. The molecule has 0 heterocycles. The van der Waals surface area contributed by atoms with E-state index in [1.807, 2.05) is 42.5 Å². The second-order valence-corrected chi connectivity index (χ2v) is 7.10. The Bertz CT molecular complexity index is 878. The van der Waals surface area contributed by atoms with Crippen molar-refractivity contribution in [2.45, 2.75) is 38.1 Å². The van der Waals surface area contributed by atoms with Crippen molar-refractivity contribution >= 4 is 17.8 Å². The first-order valence-electron chi connectivity index (χ1n) is 9.77. The van der Waals surface area contributed by atoms with E-state index in [4.69, 9.17) is 9.47 Å². The van der Waals surface area contributed by atoms with Crippen molar-refractivity contribution in [1.29, 1.82) is 0 Å². The Labute approximate surface area is 170 Å². The second-order valence-electron chi connectivity index (χ2n) is 7.10. The first-order chi connectivity index (χ1) is 14.1. The Morgan fingerprint density at radius 3 is 2.45 bits per heavy atom. The van der Waals surface area contributed by atoms with Crippen LogP contribution in [0.25, 0.3) is 0 Å². The highest BCUT2D eigenvalue weighted by Crippen LogP contribution is 2.22. The normalized spacial score (nSPS) is 13.7. The van der Waals surface area contributed by atoms with Crippen LogP contribution in [0.5, 0.6) is 0 Å². The largest absolute Gasteiger partial charge is 0.467 e. The third-order valence-corrected chi connectivity index (χ3v) is 5.02. The number of hydrogen-bond acceptors (Lipinski definition) is 5. The van der Waals surface area contributed by atoms with Crippen LogP contribution >= 0.6 is 0 Å². The van der Waals surface area contributed by atoms with Gasteiger partial charge in [-0.05, 0) is 54.5 Å². The van der Waals surface area contributed by atoms with Gasteiger partial charge in [-0.1, -0.05) is 36.4 Å². The number of aryl methyl sites for hydroxylation is 2. The SMILES string of the molecule is COC(=O)[C@@H](Cc1ccccc1)NC(=O)COC(=O)c1ccc2c(c1)CCCC2. The number of carbonyl (C=O) groups excluding carboxylic acids is 3. The zero-order chi connectivity index (χ0) is 20.6. The van der Waals surface area contributed by atoms with E-state index in [-0.39, 0.29) is 6.42 Å². The Hall–Kier alpha value is -3.15. The van der Waals surface area contributed by atoms with Gasteiger partial charge in [0.25, 0.3) is 5.91 Å². The van der Waals surface area contributed by atoms with Crippen molar-refractivity contribution in [3.8, 4) is 0 Å². The predicted molar refractivity (Wildman–Crippen MR) is 107 cm³/mol. The fraction of sp³-hybridized carbons (Fsp3) is 0.348. The molecular formula is C23H25NO5. The number of methoxy groups -OCH3 is 1. The van der Waals surface area contributed by atoms with Gasteiger partial charge in [0.1, 0.15) is 6.04 Å². The van der Waals surface area contributed by atoms with Crippen LogP contribution in [0.3, 0.4) is 0 Å². The molecule has 0 saturated heterocycles. The average Bonchev–Trinajstić information content (AvgIpc) is 2.76.